The molecule has 1 aliphatic rings. The third kappa shape index (κ3) is 5.51. The summed E-state index contributed by atoms with van der Waals surface area (Å²) in [4.78, 5) is 34.7. The minimum atomic E-state index is -0.564. The van der Waals surface area contributed by atoms with Crippen molar-refractivity contribution in [1.29, 1.82) is 0 Å². The van der Waals surface area contributed by atoms with Crippen LogP contribution in [-0.2, 0) is 19.5 Å². The molecule has 14 heteroatoms. The first-order valence-electron chi connectivity index (χ1n) is 15.2. The molecule has 1 atom stereocenters. The van der Waals surface area contributed by atoms with Crippen LogP contribution in [0.2, 0.25) is 0 Å². The summed E-state index contributed by atoms with van der Waals surface area (Å²) < 4.78 is 32.8. The van der Waals surface area contributed by atoms with Crippen LogP contribution in [0.1, 0.15) is 39.7 Å². The van der Waals surface area contributed by atoms with Crippen LogP contribution in [-0.4, -0.2) is 53.4 Å². The Morgan fingerprint density at radius 1 is 1.15 bits per heavy atom. The molecule has 1 unspecified atom stereocenters. The maximum absolute atomic E-state index is 15.3. The largest absolute Gasteiger partial charge is 0.371 e. The van der Waals surface area contributed by atoms with Crippen LogP contribution < -0.4 is 16.2 Å². The van der Waals surface area contributed by atoms with Crippen molar-refractivity contribution in [3.63, 3.8) is 0 Å². The molecule has 0 saturated carbocycles. The number of carbonyl (C=O) groups is 1. The number of H-pyrrole nitrogens is 1. The summed E-state index contributed by atoms with van der Waals surface area (Å²) >= 11 is 3.49. The number of anilines is 2. The fourth-order valence-corrected chi connectivity index (χ4v) is 6.35. The SMILES string of the molecule is CNc1n[nH]c2cc(-n3c(NCc4c(F)cccc4-n4cc(F)cn4)nc4c(c3=O)CC(C)N(C(=O)c3ccc(Br)c(C)c3)C4)ccc12. The normalized spacial score (nSPS) is 14.3. The molecule has 1 aliphatic heterocycles. The van der Waals surface area contributed by atoms with E-state index in [1.807, 2.05) is 32.0 Å². The monoisotopic (exact) mass is 713 g/mol. The lowest BCUT2D eigenvalue weighted by Gasteiger charge is -2.34. The first-order valence-corrected chi connectivity index (χ1v) is 16.0. The van der Waals surface area contributed by atoms with Gasteiger partial charge in [-0.1, -0.05) is 22.0 Å². The highest BCUT2D eigenvalue weighted by Gasteiger charge is 2.32. The van der Waals surface area contributed by atoms with Gasteiger partial charge in [0.25, 0.3) is 11.5 Å². The molecule has 1 amide bonds. The second-order valence-corrected chi connectivity index (χ2v) is 12.6. The van der Waals surface area contributed by atoms with Gasteiger partial charge in [0.15, 0.2) is 11.6 Å². The molecule has 7 rings (SSSR count). The number of rotatable bonds is 7. The molecule has 0 radical (unpaired) electrons. The number of nitrogens with zero attached hydrogens (tertiary/aromatic N) is 6. The number of benzene rings is 3. The zero-order chi connectivity index (χ0) is 33.7. The van der Waals surface area contributed by atoms with E-state index < -0.39 is 11.6 Å². The molecule has 11 nitrogen and oxygen atoms in total. The first-order chi connectivity index (χ1) is 23.1. The zero-order valence-corrected chi connectivity index (χ0v) is 27.8. The Labute approximate surface area is 281 Å². The Bertz CT molecular complexity index is 2280. The van der Waals surface area contributed by atoms with Crippen LogP contribution in [0.15, 0.2) is 76.3 Å². The Morgan fingerprint density at radius 2 is 1.98 bits per heavy atom. The third-order valence-corrected chi connectivity index (χ3v) is 9.53. The number of aryl methyl sites for hydroxylation is 1. The average Bonchev–Trinajstić information content (AvgIpc) is 3.70. The number of aromatic amines is 1. The fourth-order valence-electron chi connectivity index (χ4n) is 6.11. The summed E-state index contributed by atoms with van der Waals surface area (Å²) in [7, 11) is 1.77. The van der Waals surface area contributed by atoms with Crippen molar-refractivity contribution >= 4 is 44.5 Å². The van der Waals surface area contributed by atoms with Crippen molar-refractivity contribution < 1.29 is 13.6 Å². The van der Waals surface area contributed by atoms with E-state index in [-0.39, 0.29) is 42.1 Å². The Hall–Kier alpha value is -5.37. The molecule has 3 N–H and O–H groups in total. The molecule has 4 heterocycles. The number of hydrogen-bond donors (Lipinski definition) is 3. The van der Waals surface area contributed by atoms with Crippen molar-refractivity contribution in [2.75, 3.05) is 17.7 Å². The highest BCUT2D eigenvalue weighted by molar-refractivity contribution is 9.10. The summed E-state index contributed by atoms with van der Waals surface area (Å²) in [5, 5.41) is 18.3. The summed E-state index contributed by atoms with van der Waals surface area (Å²) in [6.45, 7) is 3.83. The summed E-state index contributed by atoms with van der Waals surface area (Å²) in [5.41, 5.74) is 3.82. The van der Waals surface area contributed by atoms with Crippen LogP contribution >= 0.6 is 15.9 Å². The topological polar surface area (TPSA) is 126 Å². The Morgan fingerprint density at radius 3 is 2.73 bits per heavy atom. The Balaban J connectivity index is 1.32. The second-order valence-electron chi connectivity index (χ2n) is 11.7. The van der Waals surface area contributed by atoms with Crippen molar-refractivity contribution in [1.82, 2.24) is 34.4 Å². The highest BCUT2D eigenvalue weighted by Crippen LogP contribution is 2.28. The average molecular weight is 715 g/mol. The predicted octanol–water partition coefficient (Wildman–Crippen LogP) is 5.88. The van der Waals surface area contributed by atoms with Gasteiger partial charge in [0.05, 0.1) is 41.5 Å². The molecule has 6 aromatic rings. The van der Waals surface area contributed by atoms with Crippen molar-refractivity contribution in [3.05, 3.63) is 121 Å². The molecular weight excluding hydrogens is 684 g/mol. The third-order valence-electron chi connectivity index (χ3n) is 8.64. The van der Waals surface area contributed by atoms with Gasteiger partial charge in [-0.15, -0.1) is 0 Å². The molecule has 0 saturated heterocycles. The van der Waals surface area contributed by atoms with E-state index in [0.717, 1.165) is 27.8 Å². The molecule has 244 valence electrons. The standard InChI is InChI=1S/C34H30BrF2N9O2/c1-18-11-20(7-10-26(18)35)32(47)44-17-29-24(12-19(44)2)33(48)46(22-8-9-23-28(13-22)42-43-31(23)38-3)34(41-29)39-15-25-27(37)5-4-6-30(25)45-16-21(36)14-40-45/h4-11,13-14,16,19H,12,15,17H2,1-3H3,(H,39,41)(H2,38,42,43). The Kier molecular flexibility index (Phi) is 8.03. The number of halogens is 3. The fraction of sp³-hybridized carbons (Fsp3) is 0.206. The van der Waals surface area contributed by atoms with Gasteiger partial charge in [-0.2, -0.15) is 10.2 Å². The smallest absolute Gasteiger partial charge is 0.263 e. The number of carbonyl (C=O) groups excluding carboxylic acids is 1. The number of fused-ring (bicyclic) bond motifs is 2. The van der Waals surface area contributed by atoms with Gasteiger partial charge in [-0.3, -0.25) is 14.7 Å². The van der Waals surface area contributed by atoms with Gasteiger partial charge in [0.2, 0.25) is 5.95 Å². The number of hydrogen-bond acceptors (Lipinski definition) is 7. The van der Waals surface area contributed by atoms with Gasteiger partial charge in [-0.05, 0) is 74.4 Å². The van der Waals surface area contributed by atoms with Gasteiger partial charge in [0, 0.05) is 46.2 Å². The number of aromatic nitrogens is 6. The molecule has 48 heavy (non-hydrogen) atoms. The lowest BCUT2D eigenvalue weighted by atomic mass is 9.98. The van der Waals surface area contributed by atoms with E-state index in [1.54, 1.807) is 36.2 Å². The number of amides is 1. The lowest BCUT2D eigenvalue weighted by molar-refractivity contribution is 0.0653. The van der Waals surface area contributed by atoms with Crippen LogP contribution in [0, 0.1) is 18.6 Å². The van der Waals surface area contributed by atoms with E-state index in [1.165, 1.54) is 21.4 Å². The molecule has 0 fully saturated rings. The van der Waals surface area contributed by atoms with Crippen LogP contribution in [0.4, 0.5) is 20.5 Å². The minimum Gasteiger partial charge on any atom is -0.371 e. The lowest BCUT2D eigenvalue weighted by Crippen LogP contribution is -2.46. The molecule has 0 spiro atoms. The van der Waals surface area contributed by atoms with Gasteiger partial charge >= 0.3 is 0 Å². The van der Waals surface area contributed by atoms with Crippen molar-refractivity contribution in [2.24, 2.45) is 0 Å². The highest BCUT2D eigenvalue weighted by atomic mass is 79.9. The van der Waals surface area contributed by atoms with Crippen molar-refractivity contribution in [2.45, 2.75) is 39.4 Å². The van der Waals surface area contributed by atoms with E-state index in [4.69, 9.17) is 4.98 Å². The second kappa shape index (κ2) is 12.3. The van der Waals surface area contributed by atoms with E-state index in [2.05, 4.69) is 41.9 Å². The minimum absolute atomic E-state index is 0.109. The molecular formula is C34H30BrF2N9O2. The van der Waals surface area contributed by atoms with Gasteiger partial charge in [-0.25, -0.2) is 23.0 Å². The molecule has 3 aromatic heterocycles. The van der Waals surface area contributed by atoms with Crippen LogP contribution in [0.25, 0.3) is 22.3 Å². The van der Waals surface area contributed by atoms with Gasteiger partial charge < -0.3 is 15.5 Å². The van der Waals surface area contributed by atoms with Gasteiger partial charge in [0.1, 0.15) is 5.82 Å². The number of nitrogens with one attached hydrogen (secondary N) is 3. The summed E-state index contributed by atoms with van der Waals surface area (Å²) in [6, 6.07) is 15.0. The molecule has 0 bridgehead atoms. The molecule has 3 aromatic carbocycles. The van der Waals surface area contributed by atoms with Crippen molar-refractivity contribution in [3.8, 4) is 11.4 Å². The zero-order valence-electron chi connectivity index (χ0n) is 26.2. The molecule has 0 aliphatic carbocycles. The van der Waals surface area contributed by atoms with E-state index >= 15 is 4.39 Å². The van der Waals surface area contributed by atoms with Crippen LogP contribution in [0.3, 0.4) is 0 Å². The van der Waals surface area contributed by atoms with E-state index in [9.17, 15) is 14.0 Å². The van der Waals surface area contributed by atoms with Crippen LogP contribution in [0.5, 0.6) is 0 Å². The quantitative estimate of drug-likeness (QED) is 0.189. The predicted molar refractivity (Wildman–Crippen MR) is 182 cm³/mol. The first kappa shape index (κ1) is 31.2. The maximum atomic E-state index is 15.3. The summed E-state index contributed by atoms with van der Waals surface area (Å²) in [5.74, 6) is -0.472. The van der Waals surface area contributed by atoms with E-state index in [0.29, 0.717) is 46.0 Å². The summed E-state index contributed by atoms with van der Waals surface area (Å²) in [6.07, 6.45) is 2.49. The maximum Gasteiger partial charge on any atom is 0.263 e.